The van der Waals surface area contributed by atoms with Gasteiger partial charge in [-0.3, -0.25) is 9.52 Å². The van der Waals surface area contributed by atoms with E-state index in [1.807, 2.05) is 11.8 Å². The second kappa shape index (κ2) is 12.8. The smallest absolute Gasteiger partial charge is 0.416 e. The number of rotatable bonds is 12. The Labute approximate surface area is 245 Å². The normalized spacial score (nSPS) is 11.9. The summed E-state index contributed by atoms with van der Waals surface area (Å²) in [6.07, 6.45) is -2.49. The van der Waals surface area contributed by atoms with Crippen LogP contribution in [0.25, 0.3) is 10.9 Å². The Balaban J connectivity index is 1.66. The Morgan fingerprint density at radius 2 is 1.84 bits per heavy atom. The Kier molecular flexibility index (Phi) is 9.42. The van der Waals surface area contributed by atoms with Gasteiger partial charge >= 0.3 is 6.18 Å². The molecule has 4 N–H and O–H groups in total. The van der Waals surface area contributed by atoms with Gasteiger partial charge in [-0.05, 0) is 31.3 Å². The largest absolute Gasteiger partial charge is 0.492 e. The number of amides is 1. The minimum absolute atomic E-state index is 0.0836. The van der Waals surface area contributed by atoms with Gasteiger partial charge in [-0.15, -0.1) is 0 Å². The quantitative estimate of drug-likeness (QED) is 0.174. The molecule has 0 aliphatic rings. The first-order valence-electron chi connectivity index (χ1n) is 12.8. The van der Waals surface area contributed by atoms with Gasteiger partial charge in [0.1, 0.15) is 11.5 Å². The van der Waals surface area contributed by atoms with E-state index in [4.69, 9.17) is 9.47 Å². The van der Waals surface area contributed by atoms with Crippen molar-refractivity contribution in [1.29, 1.82) is 0 Å². The molecule has 12 nitrogen and oxygen atoms in total. The van der Waals surface area contributed by atoms with Crippen LogP contribution >= 0.6 is 0 Å². The lowest BCUT2D eigenvalue weighted by molar-refractivity contribution is -0.137. The van der Waals surface area contributed by atoms with Crippen LogP contribution in [0.5, 0.6) is 17.4 Å². The third-order valence-corrected chi connectivity index (χ3v) is 6.74. The van der Waals surface area contributed by atoms with Gasteiger partial charge in [-0.1, -0.05) is 12.1 Å². The minimum atomic E-state index is -4.84. The lowest BCUT2D eigenvalue weighted by atomic mass is 10.1. The second-order valence-electron chi connectivity index (χ2n) is 9.41. The zero-order valence-corrected chi connectivity index (χ0v) is 24.5. The SMILES string of the molecule is CNCCNCc1nccc(Oc2cccc3cc(C(=O)Nc4cc(C(F)(F)F)cc(NS(C)(=O)=O)c4OC)n(C)c23)n1. The summed E-state index contributed by atoms with van der Waals surface area (Å²) in [6, 6.07) is 9.55. The number of nitrogens with zero attached hydrogens (tertiary/aromatic N) is 3. The van der Waals surface area contributed by atoms with Crippen molar-refractivity contribution in [2.45, 2.75) is 12.7 Å². The van der Waals surface area contributed by atoms with E-state index in [-0.39, 0.29) is 23.0 Å². The molecule has 0 atom stereocenters. The molecule has 4 aromatic rings. The van der Waals surface area contributed by atoms with Gasteiger partial charge in [0.05, 0.1) is 42.4 Å². The van der Waals surface area contributed by atoms with E-state index in [1.54, 1.807) is 43.6 Å². The van der Waals surface area contributed by atoms with Crippen LogP contribution < -0.4 is 30.1 Å². The highest BCUT2D eigenvalue weighted by atomic mass is 32.2. The number of anilines is 2. The molecular weight excluding hydrogens is 591 g/mol. The standard InChI is InChI=1S/C27H30F3N7O5S/c1-31-10-11-32-15-22-33-9-8-23(35-22)42-21-7-5-6-16-12-20(37(2)24(16)21)26(38)34-18-13-17(27(28,29)30)14-19(25(18)41-3)36-43(4,39)40/h5-9,12-14,31-32,36H,10-11,15H2,1-4H3,(H,34,38). The lowest BCUT2D eigenvalue weighted by Gasteiger charge is -2.18. The van der Waals surface area contributed by atoms with Crippen molar-refractivity contribution in [2.75, 3.05) is 43.5 Å². The third kappa shape index (κ3) is 7.71. The number of carbonyl (C=O) groups is 1. The molecular formula is C27H30F3N7O5S. The summed E-state index contributed by atoms with van der Waals surface area (Å²) in [5.41, 5.74) is -1.45. The summed E-state index contributed by atoms with van der Waals surface area (Å²) in [4.78, 5) is 22.1. The summed E-state index contributed by atoms with van der Waals surface area (Å²) in [7, 11) is 0.614. The maximum atomic E-state index is 13.7. The van der Waals surface area contributed by atoms with Gasteiger partial charge in [0, 0.05) is 37.8 Å². The predicted octanol–water partition coefficient (Wildman–Crippen LogP) is 3.72. The molecule has 0 spiro atoms. The summed E-state index contributed by atoms with van der Waals surface area (Å²) in [5, 5.41) is 9.28. The molecule has 0 unspecified atom stereocenters. The zero-order chi connectivity index (χ0) is 31.4. The van der Waals surface area contributed by atoms with Crippen LogP contribution in [0, 0.1) is 0 Å². The van der Waals surface area contributed by atoms with E-state index in [1.165, 1.54) is 4.57 Å². The van der Waals surface area contributed by atoms with Gasteiger partial charge in [0.15, 0.2) is 11.5 Å². The van der Waals surface area contributed by atoms with Crippen LogP contribution in [0.15, 0.2) is 48.7 Å². The van der Waals surface area contributed by atoms with Crippen molar-refractivity contribution >= 4 is 38.2 Å². The number of para-hydroxylation sites is 1. The molecule has 0 aliphatic carbocycles. The molecule has 4 rings (SSSR count). The van der Waals surface area contributed by atoms with Gasteiger partial charge < -0.3 is 30.0 Å². The number of aryl methyl sites for hydroxylation is 1. The van der Waals surface area contributed by atoms with Crippen molar-refractivity contribution in [3.05, 3.63) is 65.7 Å². The number of hydrogen-bond donors (Lipinski definition) is 4. The number of benzene rings is 2. The fourth-order valence-electron chi connectivity index (χ4n) is 4.30. The molecule has 0 fully saturated rings. The number of nitrogens with one attached hydrogen (secondary N) is 4. The van der Waals surface area contributed by atoms with E-state index in [9.17, 15) is 26.4 Å². The maximum Gasteiger partial charge on any atom is 0.416 e. The van der Waals surface area contributed by atoms with Gasteiger partial charge in [-0.2, -0.15) is 18.2 Å². The lowest BCUT2D eigenvalue weighted by Crippen LogP contribution is -2.25. The molecule has 0 saturated heterocycles. The first-order valence-corrected chi connectivity index (χ1v) is 14.7. The first kappa shape index (κ1) is 31.5. The molecule has 0 radical (unpaired) electrons. The monoisotopic (exact) mass is 621 g/mol. The summed E-state index contributed by atoms with van der Waals surface area (Å²) in [5.74, 6) is 0.106. The Morgan fingerprint density at radius 3 is 2.51 bits per heavy atom. The fourth-order valence-corrected chi connectivity index (χ4v) is 4.85. The molecule has 0 saturated carbocycles. The van der Waals surface area contributed by atoms with Crippen LogP contribution in [-0.2, 0) is 29.8 Å². The number of halogens is 3. The van der Waals surface area contributed by atoms with Gasteiger partial charge in [0.2, 0.25) is 15.9 Å². The van der Waals surface area contributed by atoms with Crippen LogP contribution in [0.3, 0.4) is 0 Å². The topological polar surface area (TPSA) is 148 Å². The summed E-state index contributed by atoms with van der Waals surface area (Å²) in [6.45, 7) is 1.93. The molecule has 2 aromatic carbocycles. The highest BCUT2D eigenvalue weighted by molar-refractivity contribution is 7.92. The number of ether oxygens (including phenoxy) is 2. The predicted molar refractivity (Wildman–Crippen MR) is 155 cm³/mol. The van der Waals surface area contributed by atoms with E-state index >= 15 is 0 Å². The van der Waals surface area contributed by atoms with Crippen molar-refractivity contribution in [3.8, 4) is 17.4 Å². The van der Waals surface area contributed by atoms with Crippen molar-refractivity contribution in [2.24, 2.45) is 7.05 Å². The number of fused-ring (bicyclic) bond motifs is 1. The van der Waals surface area contributed by atoms with E-state index < -0.39 is 33.4 Å². The number of methoxy groups -OCH3 is 1. The Hall–Kier alpha value is -4.41. The third-order valence-electron chi connectivity index (χ3n) is 6.15. The Morgan fingerprint density at radius 1 is 1.09 bits per heavy atom. The van der Waals surface area contributed by atoms with E-state index in [2.05, 4.69) is 25.9 Å². The number of sulfonamides is 1. The van der Waals surface area contributed by atoms with Crippen LogP contribution in [0.4, 0.5) is 24.5 Å². The highest BCUT2D eigenvalue weighted by Gasteiger charge is 2.33. The first-order chi connectivity index (χ1) is 20.3. The number of carbonyl (C=O) groups excluding carboxylic acids is 1. The molecule has 230 valence electrons. The van der Waals surface area contributed by atoms with E-state index in [0.29, 0.717) is 41.2 Å². The van der Waals surface area contributed by atoms with Gasteiger partial charge in [0.25, 0.3) is 5.91 Å². The van der Waals surface area contributed by atoms with Crippen molar-refractivity contribution in [3.63, 3.8) is 0 Å². The Bertz CT molecular complexity index is 1740. The molecule has 0 bridgehead atoms. The number of hydrogen-bond acceptors (Lipinski definition) is 9. The average Bonchev–Trinajstić information content (AvgIpc) is 3.27. The highest BCUT2D eigenvalue weighted by Crippen LogP contribution is 2.41. The fraction of sp³-hybridized carbons (Fsp3) is 0.296. The molecule has 43 heavy (non-hydrogen) atoms. The van der Waals surface area contributed by atoms with Crippen LogP contribution in [0.1, 0.15) is 21.9 Å². The summed E-state index contributed by atoms with van der Waals surface area (Å²) < 4.78 is 79.4. The number of alkyl halides is 3. The molecule has 0 aliphatic heterocycles. The minimum Gasteiger partial charge on any atom is -0.492 e. The maximum absolute atomic E-state index is 13.7. The van der Waals surface area contributed by atoms with E-state index in [0.717, 1.165) is 26.5 Å². The number of likely N-dealkylation sites (N-methyl/N-ethyl adjacent to an activating group) is 1. The molecule has 16 heteroatoms. The van der Waals surface area contributed by atoms with Crippen LogP contribution in [-0.4, -0.2) is 62.4 Å². The van der Waals surface area contributed by atoms with Crippen molar-refractivity contribution in [1.82, 2.24) is 25.2 Å². The summed E-state index contributed by atoms with van der Waals surface area (Å²) >= 11 is 0. The average molecular weight is 622 g/mol. The number of aromatic nitrogens is 3. The molecule has 2 heterocycles. The van der Waals surface area contributed by atoms with Crippen LogP contribution in [0.2, 0.25) is 0 Å². The zero-order valence-electron chi connectivity index (χ0n) is 23.7. The molecule has 1 amide bonds. The molecule has 2 aromatic heterocycles. The second-order valence-corrected chi connectivity index (χ2v) is 11.2. The van der Waals surface area contributed by atoms with Crippen molar-refractivity contribution < 1.29 is 35.9 Å². The van der Waals surface area contributed by atoms with Gasteiger partial charge in [-0.25, -0.2) is 13.4 Å².